The average molecular weight is 2070 g/mol. The van der Waals surface area contributed by atoms with E-state index < -0.39 is 0 Å². The number of hydrogen-bond donors (Lipinski definition) is 0. The maximum absolute atomic E-state index is 12.5. The molecule has 0 radical (unpaired) electrons. The molecule has 3 aromatic carbocycles. The monoisotopic (exact) mass is 2070 g/mol. The van der Waals surface area contributed by atoms with Crippen LogP contribution in [-0.4, -0.2) is 226 Å². The van der Waals surface area contributed by atoms with Crippen molar-refractivity contribution in [2.75, 3.05) is 198 Å². The highest BCUT2D eigenvalue weighted by atomic mass is 16.6. The van der Waals surface area contributed by atoms with Gasteiger partial charge in [0.15, 0.2) is 68.2 Å². The van der Waals surface area contributed by atoms with Gasteiger partial charge >= 0.3 is 0 Å². The predicted octanol–water partition coefficient (Wildman–Crippen LogP) is 25.6. The first-order chi connectivity index (χ1) is 71.2. The van der Waals surface area contributed by atoms with E-state index in [1.54, 1.807) is 0 Å². The van der Waals surface area contributed by atoms with Gasteiger partial charge in [0.2, 0.25) is 5.69 Å². The smallest absolute Gasteiger partial charge is 0.210 e. The first-order valence-corrected chi connectivity index (χ1v) is 59.7. The highest BCUT2D eigenvalue weighted by Crippen LogP contribution is 2.41. The van der Waals surface area contributed by atoms with Crippen LogP contribution in [0.3, 0.4) is 0 Å². The molecule has 6 unspecified atom stereocenters. The standard InChI is InChI=1S/C15H24NO.C14H27NO2.C14H21NO2.C14H28NO.C14H22N.C14H16N.C13H25NO2.C13H20N.C9H19NO2.C9H14N/c1-13(2)15-6-4-14(5-7-15)12-16(3)8-10-17-11-9-16;2*1-12(2)14-5-3-13(4-6-14)11-15(16)7-9-17-10-8-15;1-12(2)14-5-4-13(10-14)11-15(3)6-8-16-9-7-15;2*1-12(2)13-6-8-14(9-7-13)15-10-4-3-5-11-15;1-11(2)13-4-3-12(9-13)10-14(15)5-7-16-8-6-14;1-11(2)12-6-7-13(10-12)14-8-4-3-5-9-14;1-9(2)3-4-10(11)5-7-12-8-6-10;1-9(2)8-10-6-4-3-5-7-10/h4-7,13H,8-12H2,1-3H3;12-14H,3-11H2,1-2H3;3-6,12H,7-11H2,1-2H3;12-14H,4-11H2,1-3H3;3-5,10-14H,6-9H2,1-2H3;3-12H,1-2H3;11-13H,3-10H2,1-2H3;3-5,8-9,11-13H,6-7,10H2,1-2H3;9H,3-8H2,1-2H3;3-7,9H,8H2,1-2H3/q+1;;;3*+1;;+1;;+1. The molecule has 7 aromatic rings. The number of hydrogen-bond acceptors (Lipinski definition) is 10. The topological polar surface area (TPSA) is 163 Å². The Bertz CT molecular complexity index is 4450. The van der Waals surface area contributed by atoms with Crippen LogP contribution in [0.25, 0.3) is 5.69 Å². The molecule has 20 heteroatoms. The Morgan fingerprint density at radius 2 is 0.577 bits per heavy atom. The van der Waals surface area contributed by atoms with Crippen LogP contribution in [0, 0.1) is 110 Å². The van der Waals surface area contributed by atoms with E-state index in [9.17, 15) is 20.8 Å². The van der Waals surface area contributed by atoms with Crippen LogP contribution in [0.2, 0.25) is 0 Å². The molecule has 4 aromatic heterocycles. The van der Waals surface area contributed by atoms with Crippen molar-refractivity contribution in [2.24, 2.45) is 88.8 Å². The fourth-order valence-corrected chi connectivity index (χ4v) is 23.8. The second kappa shape index (κ2) is 65.6. The summed E-state index contributed by atoms with van der Waals surface area (Å²) in [4.78, 5) is 0. The van der Waals surface area contributed by atoms with Crippen LogP contribution in [0.4, 0.5) is 0 Å². The van der Waals surface area contributed by atoms with Crippen molar-refractivity contribution in [1.29, 1.82) is 0 Å². The van der Waals surface area contributed by atoms with Crippen molar-refractivity contribution < 1.29 is 74.2 Å². The van der Waals surface area contributed by atoms with E-state index in [2.05, 4.69) is 342 Å². The Balaban J connectivity index is 0.000000184. The lowest BCUT2D eigenvalue weighted by Gasteiger charge is -2.48. The summed E-state index contributed by atoms with van der Waals surface area (Å²) in [7, 11) is 4.75. The molecule has 5 aliphatic carbocycles. The fourth-order valence-electron chi connectivity index (χ4n) is 23.8. The van der Waals surface area contributed by atoms with Crippen molar-refractivity contribution in [1.82, 2.24) is 0 Å². The van der Waals surface area contributed by atoms with Crippen LogP contribution >= 0.6 is 0 Å². The molecule has 10 heterocycles. The van der Waals surface area contributed by atoms with E-state index in [-0.39, 0.29) is 18.6 Å². The van der Waals surface area contributed by atoms with E-state index in [0.717, 1.165) is 172 Å². The molecule has 5 saturated carbocycles. The maximum atomic E-state index is 12.5. The summed E-state index contributed by atoms with van der Waals surface area (Å²) in [5.74, 6) is 14.3. The molecule has 20 nitrogen and oxygen atoms in total. The lowest BCUT2D eigenvalue weighted by molar-refractivity contribution is -0.929. The third kappa shape index (κ3) is 47.3. The highest BCUT2D eigenvalue weighted by molar-refractivity contribution is 5.29. The molecule has 0 bridgehead atoms. The van der Waals surface area contributed by atoms with E-state index in [1.165, 1.54) is 161 Å². The Morgan fingerprint density at radius 1 is 0.275 bits per heavy atom. The minimum Gasteiger partial charge on any atom is -0.633 e. The molecule has 11 aliphatic rings. The molecule has 0 N–H and O–H groups in total. The van der Waals surface area contributed by atoms with Gasteiger partial charge in [-0.25, -0.2) is 13.7 Å². The summed E-state index contributed by atoms with van der Waals surface area (Å²) in [5, 5.41) is 49.1. The van der Waals surface area contributed by atoms with Crippen molar-refractivity contribution in [3.63, 3.8) is 0 Å². The fraction of sp³-hybridized carbons (Fsp3) is 0.705. The molecule has 836 valence electrons. The van der Waals surface area contributed by atoms with Crippen molar-refractivity contribution >= 4 is 0 Å². The first-order valence-electron chi connectivity index (χ1n) is 59.7. The van der Waals surface area contributed by atoms with Gasteiger partial charge < -0.3 is 76.8 Å². The lowest BCUT2D eigenvalue weighted by Crippen LogP contribution is -2.53. The van der Waals surface area contributed by atoms with Crippen LogP contribution < -0.4 is 18.3 Å². The van der Waals surface area contributed by atoms with E-state index in [4.69, 9.17) is 28.4 Å². The molecule has 6 saturated heterocycles. The summed E-state index contributed by atoms with van der Waals surface area (Å²) in [5.41, 5.74) is 7.92. The van der Waals surface area contributed by atoms with Crippen molar-refractivity contribution in [2.45, 2.75) is 304 Å². The number of likely N-dealkylation sites (N-methyl/N-ethyl adjacent to an activating group) is 2. The SMILES string of the molecule is CC(C)C1CCC(C[N+]2(C)CCOCC2)C1.CC(C)C1CCC(C[N+]2([O-])CCOCC2)C1.CC(C)C1CCC(C[N+]2([O-])CCOCC2)CC1.CC(C)C1CCC([n+]2ccccc2)C1.CC(C)C1CCC([n+]2ccccc2)CC1.CC(C)CC[N+]1([O-])CCOCC1.CC(C)C[n+]1ccccc1.CC(C)c1ccc(-[n+]2ccccc2)cc1.CC(C)c1ccc(C[N+]2(C)CCOCC2)cc1.CC(C)c1ccc(C[N+]2([O-])CCOCC2)cc1. The van der Waals surface area contributed by atoms with Gasteiger partial charge in [-0.1, -0.05) is 223 Å². The quantitative estimate of drug-likeness (QED) is 0.0290. The summed E-state index contributed by atoms with van der Waals surface area (Å²) in [6.45, 7) is 70.8. The van der Waals surface area contributed by atoms with Gasteiger partial charge in [-0.15, -0.1) is 0 Å². The number of morpholine rings is 6. The zero-order valence-corrected chi connectivity index (χ0v) is 98.2. The molecule has 6 atom stereocenters. The minimum absolute atomic E-state index is 0.00941. The first kappa shape index (κ1) is 126. The Hall–Kier alpha value is -6.38. The maximum Gasteiger partial charge on any atom is 0.210 e. The number of rotatable bonds is 26. The van der Waals surface area contributed by atoms with Gasteiger partial charge in [-0.2, -0.15) is 4.57 Å². The van der Waals surface area contributed by atoms with Crippen molar-refractivity contribution in [3.05, 3.63) is 244 Å². The molecule has 11 fully saturated rings. The zero-order chi connectivity index (χ0) is 108. The number of ether oxygens (including phenoxy) is 6. The normalized spacial score (nSPS) is 24.6. The van der Waals surface area contributed by atoms with Gasteiger partial charge in [-0.3, -0.25) is 0 Å². The molecule has 18 rings (SSSR count). The van der Waals surface area contributed by atoms with E-state index in [1.807, 2.05) is 24.3 Å². The lowest BCUT2D eigenvalue weighted by atomic mass is 9.77. The van der Waals surface area contributed by atoms with Crippen LogP contribution in [0.5, 0.6) is 0 Å². The molecule has 0 spiro atoms. The summed E-state index contributed by atoms with van der Waals surface area (Å²) >= 11 is 0. The second-order valence-electron chi connectivity index (χ2n) is 50.7. The van der Waals surface area contributed by atoms with Gasteiger partial charge in [-0.05, 0) is 189 Å². The minimum atomic E-state index is -0.138. The largest absolute Gasteiger partial charge is 0.633 e. The Kier molecular flexibility index (Phi) is 55.5. The Labute approximate surface area is 908 Å². The van der Waals surface area contributed by atoms with Gasteiger partial charge in [0, 0.05) is 121 Å². The Morgan fingerprint density at radius 3 is 0.953 bits per heavy atom. The predicted molar refractivity (Wildman–Crippen MR) is 613 cm³/mol. The number of aromatic nitrogens is 4. The number of pyridine rings is 4. The molecule has 6 aliphatic heterocycles. The highest BCUT2D eigenvalue weighted by Gasteiger charge is 2.39. The second-order valence-corrected chi connectivity index (χ2v) is 50.7. The van der Waals surface area contributed by atoms with Crippen LogP contribution in [0.1, 0.15) is 312 Å². The van der Waals surface area contributed by atoms with Gasteiger partial charge in [0.05, 0.1) is 120 Å². The summed E-state index contributed by atoms with van der Waals surface area (Å²) < 4.78 is 43.2. The van der Waals surface area contributed by atoms with Crippen LogP contribution in [0.15, 0.2) is 195 Å². The summed E-state index contributed by atoms with van der Waals surface area (Å²) in [6, 6.07) is 52.7. The third-order valence-electron chi connectivity index (χ3n) is 34.8. The van der Waals surface area contributed by atoms with Crippen molar-refractivity contribution in [3.8, 4) is 5.69 Å². The summed E-state index contributed by atoms with van der Waals surface area (Å²) in [6.07, 6.45) is 41.3. The van der Waals surface area contributed by atoms with Gasteiger partial charge in [0.25, 0.3) is 0 Å². The average Bonchev–Trinajstić information content (AvgIpc) is 1.55. The zero-order valence-electron chi connectivity index (χ0n) is 98.2. The molecular formula is C129H216N10O10+6. The van der Waals surface area contributed by atoms with Crippen LogP contribution in [-0.2, 0) is 48.1 Å². The number of quaternary nitrogens is 6. The molecular weight excluding hydrogens is 1850 g/mol. The number of benzene rings is 3. The molecule has 0 amide bonds. The van der Waals surface area contributed by atoms with Gasteiger partial charge in [0.1, 0.15) is 91.6 Å². The number of nitrogens with zero attached hydrogens (tertiary/aromatic N) is 10. The van der Waals surface area contributed by atoms with E-state index in [0.29, 0.717) is 147 Å². The van der Waals surface area contributed by atoms with E-state index >= 15 is 0 Å². The number of hydroxylamine groups is 12. The third-order valence-corrected chi connectivity index (χ3v) is 34.8. The molecule has 149 heavy (non-hydrogen) atoms.